The molecule has 0 aliphatic carbocycles. The van der Waals surface area contributed by atoms with Crippen LogP contribution in [0.4, 0.5) is 0 Å². The maximum Gasteiger partial charge on any atom is 0.234 e. The summed E-state index contributed by atoms with van der Waals surface area (Å²) in [4.78, 5) is 5.79. The van der Waals surface area contributed by atoms with Gasteiger partial charge in [-0.15, -0.1) is 11.8 Å². The quantitative estimate of drug-likeness (QED) is 0.857. The van der Waals surface area contributed by atoms with Gasteiger partial charge in [0.05, 0.1) is 19.1 Å². The monoisotopic (exact) mass is 305 g/mol. The minimum atomic E-state index is 0.131. The van der Waals surface area contributed by atoms with Gasteiger partial charge < -0.3 is 14.6 Å². The maximum absolute atomic E-state index is 5.48. The molecule has 0 bridgehead atoms. The molecule has 0 spiro atoms. The van der Waals surface area contributed by atoms with Gasteiger partial charge in [0.1, 0.15) is 0 Å². The van der Waals surface area contributed by atoms with Gasteiger partial charge in [-0.3, -0.25) is 0 Å². The second-order valence-corrected chi connectivity index (χ2v) is 6.29. The van der Waals surface area contributed by atoms with Crippen molar-refractivity contribution in [3.63, 3.8) is 0 Å². The summed E-state index contributed by atoms with van der Waals surface area (Å²) in [5.74, 6) is 2.48. The van der Waals surface area contributed by atoms with E-state index in [0.29, 0.717) is 24.9 Å². The van der Waals surface area contributed by atoms with Crippen LogP contribution >= 0.6 is 11.8 Å². The van der Waals surface area contributed by atoms with Crippen molar-refractivity contribution in [2.75, 3.05) is 26.0 Å². The van der Waals surface area contributed by atoms with E-state index in [0.717, 1.165) is 11.3 Å². The summed E-state index contributed by atoms with van der Waals surface area (Å²) in [6.45, 7) is 3.45. The minimum absolute atomic E-state index is 0.131. The van der Waals surface area contributed by atoms with Crippen LogP contribution in [-0.2, 0) is 4.74 Å². The third-order valence-corrected chi connectivity index (χ3v) is 4.53. The molecule has 1 aliphatic rings. The van der Waals surface area contributed by atoms with E-state index in [1.807, 2.05) is 30.9 Å². The van der Waals surface area contributed by atoms with E-state index in [9.17, 15) is 0 Å². The molecule has 5 nitrogen and oxygen atoms in total. The van der Waals surface area contributed by atoms with E-state index in [4.69, 9.17) is 9.26 Å². The van der Waals surface area contributed by atoms with E-state index >= 15 is 0 Å². The number of thioether (sulfide) groups is 1. The summed E-state index contributed by atoms with van der Waals surface area (Å²) in [5, 5.41) is 7.33. The van der Waals surface area contributed by atoms with Crippen molar-refractivity contribution in [1.29, 1.82) is 0 Å². The third kappa shape index (κ3) is 3.12. The molecule has 6 heteroatoms. The zero-order chi connectivity index (χ0) is 14.7. The number of nitrogens with one attached hydrogen (secondary N) is 1. The number of hydrogen-bond donors (Lipinski definition) is 1. The van der Waals surface area contributed by atoms with Gasteiger partial charge in [0, 0.05) is 16.5 Å². The molecule has 1 aliphatic heterocycles. The SMILES string of the molecule is CCSc1ccc(-c2noc(C3COCC3NC)n2)cc1. The van der Waals surface area contributed by atoms with Gasteiger partial charge in [-0.2, -0.15) is 4.98 Å². The van der Waals surface area contributed by atoms with Crippen LogP contribution in [0.1, 0.15) is 18.7 Å². The summed E-state index contributed by atoms with van der Waals surface area (Å²) in [6.07, 6.45) is 0. The third-order valence-electron chi connectivity index (χ3n) is 3.63. The van der Waals surface area contributed by atoms with Crippen molar-refractivity contribution >= 4 is 11.8 Å². The second kappa shape index (κ2) is 6.60. The number of ether oxygens (including phenoxy) is 1. The van der Waals surface area contributed by atoms with E-state index in [1.165, 1.54) is 4.90 Å². The molecule has 0 amide bonds. The number of hydrogen-bond acceptors (Lipinski definition) is 6. The summed E-state index contributed by atoms with van der Waals surface area (Å²) in [5.41, 5.74) is 0.977. The molecule has 21 heavy (non-hydrogen) atoms. The lowest BCUT2D eigenvalue weighted by Gasteiger charge is -2.11. The lowest BCUT2D eigenvalue weighted by molar-refractivity contribution is 0.185. The highest BCUT2D eigenvalue weighted by Gasteiger charge is 2.33. The molecule has 3 rings (SSSR count). The first-order chi connectivity index (χ1) is 10.3. The molecule has 1 aromatic heterocycles. The van der Waals surface area contributed by atoms with E-state index in [2.05, 4.69) is 34.5 Å². The zero-order valence-corrected chi connectivity index (χ0v) is 13.0. The Kier molecular flexibility index (Phi) is 4.57. The maximum atomic E-state index is 5.48. The van der Waals surface area contributed by atoms with Crippen LogP contribution in [0.15, 0.2) is 33.7 Å². The fourth-order valence-corrected chi connectivity index (χ4v) is 3.11. The number of aromatic nitrogens is 2. The van der Waals surface area contributed by atoms with Crippen molar-refractivity contribution in [3.05, 3.63) is 30.2 Å². The van der Waals surface area contributed by atoms with Crippen molar-refractivity contribution in [3.8, 4) is 11.4 Å². The Morgan fingerprint density at radius 1 is 1.29 bits per heavy atom. The Morgan fingerprint density at radius 3 is 2.81 bits per heavy atom. The number of benzene rings is 1. The molecule has 112 valence electrons. The summed E-state index contributed by atoms with van der Waals surface area (Å²) >= 11 is 1.82. The minimum Gasteiger partial charge on any atom is -0.379 e. The van der Waals surface area contributed by atoms with Crippen LogP contribution in [0.3, 0.4) is 0 Å². The lowest BCUT2D eigenvalue weighted by atomic mass is 10.0. The Balaban J connectivity index is 1.78. The van der Waals surface area contributed by atoms with Crippen molar-refractivity contribution in [2.45, 2.75) is 23.8 Å². The van der Waals surface area contributed by atoms with Gasteiger partial charge >= 0.3 is 0 Å². The van der Waals surface area contributed by atoms with Gasteiger partial charge in [0.25, 0.3) is 0 Å². The molecule has 0 saturated carbocycles. The topological polar surface area (TPSA) is 60.2 Å². The summed E-state index contributed by atoms with van der Waals surface area (Å²) in [6, 6.07) is 8.49. The average molecular weight is 305 g/mol. The van der Waals surface area contributed by atoms with E-state index in [-0.39, 0.29) is 12.0 Å². The highest BCUT2D eigenvalue weighted by Crippen LogP contribution is 2.27. The predicted octanol–water partition coefficient (Wildman–Crippen LogP) is 2.55. The highest BCUT2D eigenvalue weighted by atomic mass is 32.2. The van der Waals surface area contributed by atoms with Crippen LogP contribution in [0.5, 0.6) is 0 Å². The summed E-state index contributed by atoms with van der Waals surface area (Å²) in [7, 11) is 1.92. The molecule has 2 atom stereocenters. The van der Waals surface area contributed by atoms with E-state index < -0.39 is 0 Å². The highest BCUT2D eigenvalue weighted by molar-refractivity contribution is 7.99. The molecular weight excluding hydrogens is 286 g/mol. The molecule has 2 aromatic rings. The second-order valence-electron chi connectivity index (χ2n) is 4.95. The van der Waals surface area contributed by atoms with Crippen LogP contribution in [0.25, 0.3) is 11.4 Å². The molecule has 2 heterocycles. The number of likely N-dealkylation sites (N-methyl/N-ethyl adjacent to an activating group) is 1. The Labute approximate surface area is 128 Å². The van der Waals surface area contributed by atoms with Gasteiger partial charge in [0.15, 0.2) is 0 Å². The molecule has 1 N–H and O–H groups in total. The number of rotatable bonds is 5. The normalized spacial score (nSPS) is 21.8. The Hall–Kier alpha value is -1.37. The molecule has 1 aromatic carbocycles. The fourth-order valence-electron chi connectivity index (χ4n) is 2.45. The van der Waals surface area contributed by atoms with Crippen molar-refractivity contribution < 1.29 is 9.26 Å². The van der Waals surface area contributed by atoms with Crippen molar-refractivity contribution in [1.82, 2.24) is 15.5 Å². The molecule has 0 radical (unpaired) electrons. The van der Waals surface area contributed by atoms with Crippen LogP contribution < -0.4 is 5.32 Å². The molecule has 1 saturated heterocycles. The first kappa shape index (κ1) is 14.6. The summed E-state index contributed by atoms with van der Waals surface area (Å²) < 4.78 is 10.9. The Bertz CT molecular complexity index is 585. The molecular formula is C15H19N3O2S. The average Bonchev–Trinajstić information content (AvgIpc) is 3.17. The lowest BCUT2D eigenvalue weighted by Crippen LogP contribution is -2.31. The predicted molar refractivity (Wildman–Crippen MR) is 82.5 cm³/mol. The van der Waals surface area contributed by atoms with Crippen LogP contribution in [-0.4, -0.2) is 42.2 Å². The van der Waals surface area contributed by atoms with Crippen LogP contribution in [0.2, 0.25) is 0 Å². The first-order valence-corrected chi connectivity index (χ1v) is 8.12. The Morgan fingerprint density at radius 2 is 2.10 bits per heavy atom. The zero-order valence-electron chi connectivity index (χ0n) is 12.2. The van der Waals surface area contributed by atoms with Gasteiger partial charge in [0.2, 0.25) is 11.7 Å². The fraction of sp³-hybridized carbons (Fsp3) is 0.467. The van der Waals surface area contributed by atoms with Gasteiger partial charge in [-0.25, -0.2) is 0 Å². The van der Waals surface area contributed by atoms with Gasteiger partial charge in [-0.1, -0.05) is 12.1 Å². The standard InChI is InChI=1S/C15H19N3O2S/c1-3-21-11-6-4-10(5-7-11)14-17-15(20-18-14)12-8-19-9-13(12)16-2/h4-7,12-13,16H,3,8-9H2,1-2H3. The smallest absolute Gasteiger partial charge is 0.234 e. The number of nitrogens with zero attached hydrogens (tertiary/aromatic N) is 2. The first-order valence-electron chi connectivity index (χ1n) is 7.13. The molecule has 2 unspecified atom stereocenters. The largest absolute Gasteiger partial charge is 0.379 e. The van der Waals surface area contributed by atoms with Crippen LogP contribution in [0, 0.1) is 0 Å². The van der Waals surface area contributed by atoms with Crippen molar-refractivity contribution in [2.24, 2.45) is 0 Å². The van der Waals surface area contributed by atoms with Gasteiger partial charge in [-0.05, 0) is 37.1 Å². The van der Waals surface area contributed by atoms with E-state index in [1.54, 1.807) is 0 Å². The molecule has 1 fully saturated rings.